The first kappa shape index (κ1) is 16.0. The van der Waals surface area contributed by atoms with Gasteiger partial charge in [-0.1, -0.05) is 15.9 Å². The van der Waals surface area contributed by atoms with Gasteiger partial charge in [-0.2, -0.15) is 0 Å². The topological polar surface area (TPSA) is 49.3 Å². The molecule has 0 unspecified atom stereocenters. The average Bonchev–Trinajstić information content (AvgIpc) is 2.36. The van der Waals surface area contributed by atoms with Crippen molar-refractivity contribution in [2.24, 2.45) is 0 Å². The van der Waals surface area contributed by atoms with E-state index in [1.165, 1.54) is 6.07 Å². The lowest BCUT2D eigenvalue weighted by Gasteiger charge is -2.11. The predicted molar refractivity (Wildman–Crippen MR) is 93.3 cm³/mol. The van der Waals surface area contributed by atoms with E-state index in [9.17, 15) is 9.90 Å². The third kappa shape index (κ3) is 3.63. The molecular weight excluding hydrogens is 522 g/mol. The fourth-order valence-electron chi connectivity index (χ4n) is 1.50. The summed E-state index contributed by atoms with van der Waals surface area (Å²) in [5.41, 5.74) is 0.994. The molecule has 2 aromatic rings. The molecule has 0 aliphatic carbocycles. The zero-order valence-electron chi connectivity index (χ0n) is 9.75. The van der Waals surface area contributed by atoms with Crippen LogP contribution < -0.4 is 5.32 Å². The molecule has 0 saturated heterocycles. The maximum absolute atomic E-state index is 12.2. The number of phenolic OH excluding ortho intramolecular Hbond substituents is 1. The van der Waals surface area contributed by atoms with E-state index in [0.717, 1.165) is 13.4 Å². The number of rotatable bonds is 2. The number of halogens is 4. The number of benzene rings is 2. The molecule has 0 aliphatic rings. The smallest absolute Gasteiger partial charge is 0.255 e. The van der Waals surface area contributed by atoms with Crippen molar-refractivity contribution in [2.45, 2.75) is 0 Å². The maximum atomic E-state index is 12.2. The molecule has 20 heavy (non-hydrogen) atoms. The first-order valence-electron chi connectivity index (χ1n) is 5.33. The van der Waals surface area contributed by atoms with E-state index in [4.69, 9.17) is 0 Å². The predicted octanol–water partition coefficient (Wildman–Crippen LogP) is 5.69. The van der Waals surface area contributed by atoms with Crippen molar-refractivity contribution in [1.82, 2.24) is 0 Å². The summed E-state index contributed by atoms with van der Waals surface area (Å²) in [5.74, 6) is -0.289. The Hall–Kier alpha value is -0.370. The number of carbonyl (C=O) groups excluding carboxylic acids is 1. The quantitative estimate of drug-likeness (QED) is 0.526. The fraction of sp³-hybridized carbons (Fsp3) is 0. The summed E-state index contributed by atoms with van der Waals surface area (Å²) in [6.45, 7) is 0. The Morgan fingerprint density at radius 1 is 0.950 bits per heavy atom. The first-order valence-corrected chi connectivity index (χ1v) is 8.50. The molecule has 0 spiro atoms. The van der Waals surface area contributed by atoms with Crippen LogP contribution in [0.1, 0.15) is 10.4 Å². The van der Waals surface area contributed by atoms with E-state index in [0.29, 0.717) is 15.7 Å². The lowest BCUT2D eigenvalue weighted by molar-refractivity contribution is 0.102. The van der Waals surface area contributed by atoms with Gasteiger partial charge in [0.1, 0.15) is 5.75 Å². The van der Waals surface area contributed by atoms with Crippen molar-refractivity contribution in [3.05, 3.63) is 53.8 Å². The molecular formula is C13H7Br4NO2. The van der Waals surface area contributed by atoms with Crippen molar-refractivity contribution in [3.8, 4) is 5.75 Å². The highest BCUT2D eigenvalue weighted by Gasteiger charge is 2.13. The number of anilines is 1. The van der Waals surface area contributed by atoms with Gasteiger partial charge in [-0.3, -0.25) is 4.79 Å². The number of hydrogen-bond donors (Lipinski definition) is 2. The Morgan fingerprint density at radius 2 is 1.55 bits per heavy atom. The monoisotopic (exact) mass is 525 g/mol. The van der Waals surface area contributed by atoms with Gasteiger partial charge in [-0.05, 0) is 78.1 Å². The lowest BCUT2D eigenvalue weighted by atomic mass is 10.2. The second-order valence-electron chi connectivity index (χ2n) is 3.86. The van der Waals surface area contributed by atoms with Crippen molar-refractivity contribution in [1.29, 1.82) is 0 Å². The third-order valence-corrected chi connectivity index (χ3v) is 4.83. The van der Waals surface area contributed by atoms with E-state index in [-0.39, 0.29) is 11.7 Å². The number of phenols is 1. The lowest BCUT2D eigenvalue weighted by Crippen LogP contribution is -2.12. The molecule has 0 heterocycles. The molecule has 0 radical (unpaired) electrons. The summed E-state index contributed by atoms with van der Waals surface area (Å²) in [6, 6.07) is 8.31. The van der Waals surface area contributed by atoms with Gasteiger partial charge in [0.2, 0.25) is 0 Å². The highest BCUT2D eigenvalue weighted by Crippen LogP contribution is 2.35. The summed E-state index contributed by atoms with van der Waals surface area (Å²) in [4.78, 5) is 12.2. The van der Waals surface area contributed by atoms with E-state index in [1.807, 2.05) is 12.1 Å². The van der Waals surface area contributed by atoms with Crippen molar-refractivity contribution < 1.29 is 9.90 Å². The van der Waals surface area contributed by atoms with Crippen molar-refractivity contribution in [3.63, 3.8) is 0 Å². The Kier molecular flexibility index (Phi) is 5.28. The van der Waals surface area contributed by atoms with Crippen molar-refractivity contribution in [2.75, 3.05) is 5.32 Å². The summed E-state index contributed by atoms with van der Waals surface area (Å²) in [7, 11) is 0. The van der Waals surface area contributed by atoms with Gasteiger partial charge in [0, 0.05) is 19.0 Å². The molecule has 0 atom stereocenters. The van der Waals surface area contributed by atoms with Crippen LogP contribution in [0.25, 0.3) is 0 Å². The van der Waals surface area contributed by atoms with Gasteiger partial charge in [-0.25, -0.2) is 0 Å². The number of aromatic hydroxyl groups is 1. The van der Waals surface area contributed by atoms with Crippen molar-refractivity contribution >= 4 is 75.3 Å². The normalized spacial score (nSPS) is 10.4. The Bertz CT molecular complexity index is 665. The molecule has 3 nitrogen and oxygen atoms in total. The summed E-state index contributed by atoms with van der Waals surface area (Å²) >= 11 is 13.3. The number of carbonyl (C=O) groups is 1. The molecule has 2 aromatic carbocycles. The maximum Gasteiger partial charge on any atom is 0.255 e. The first-order chi connectivity index (χ1) is 9.38. The molecule has 0 bridgehead atoms. The minimum Gasteiger partial charge on any atom is -0.507 e. The van der Waals surface area contributed by atoms with Crippen LogP contribution in [-0.4, -0.2) is 11.0 Å². The minimum atomic E-state index is -0.309. The standard InChI is InChI=1S/C13H7Br4NO2/c14-7-4-9(16)12(10(17)5-7)18-13(20)6-1-2-8(15)11(19)3-6/h1-5,19H,(H,18,20). The third-order valence-electron chi connectivity index (χ3n) is 2.45. The van der Waals surface area contributed by atoms with Crippen LogP contribution in [0.2, 0.25) is 0 Å². The molecule has 1 amide bonds. The Morgan fingerprint density at radius 3 is 2.10 bits per heavy atom. The van der Waals surface area contributed by atoms with Crippen LogP contribution in [0.15, 0.2) is 48.2 Å². The largest absolute Gasteiger partial charge is 0.507 e. The van der Waals surface area contributed by atoms with Gasteiger partial charge < -0.3 is 10.4 Å². The molecule has 2 N–H and O–H groups in total. The van der Waals surface area contributed by atoms with Gasteiger partial charge in [0.15, 0.2) is 0 Å². The second kappa shape index (κ2) is 6.60. The second-order valence-corrected chi connectivity index (χ2v) is 7.34. The van der Waals surface area contributed by atoms with Crippen LogP contribution in [0.3, 0.4) is 0 Å². The Balaban J connectivity index is 2.30. The molecule has 0 aliphatic heterocycles. The average molecular weight is 529 g/mol. The summed E-state index contributed by atoms with van der Waals surface area (Å²) < 4.78 is 2.91. The zero-order valence-corrected chi connectivity index (χ0v) is 16.1. The fourth-order valence-corrected chi connectivity index (χ4v) is 4.20. The molecule has 2 rings (SSSR count). The molecule has 0 aromatic heterocycles. The van der Waals surface area contributed by atoms with Gasteiger partial charge >= 0.3 is 0 Å². The number of amides is 1. The minimum absolute atomic E-state index is 0.0200. The highest BCUT2D eigenvalue weighted by atomic mass is 79.9. The number of nitrogens with one attached hydrogen (secondary N) is 1. The van der Waals surface area contributed by atoms with Crippen LogP contribution in [0.5, 0.6) is 5.75 Å². The van der Waals surface area contributed by atoms with Crippen LogP contribution in [0.4, 0.5) is 5.69 Å². The van der Waals surface area contributed by atoms with Crippen LogP contribution in [-0.2, 0) is 0 Å². The molecule has 104 valence electrons. The van der Waals surface area contributed by atoms with Gasteiger partial charge in [-0.15, -0.1) is 0 Å². The Labute approximate surface area is 149 Å². The molecule has 0 fully saturated rings. The van der Waals surface area contributed by atoms with Crippen LogP contribution >= 0.6 is 63.7 Å². The summed E-state index contributed by atoms with van der Waals surface area (Å²) in [5, 5.41) is 12.4. The van der Waals surface area contributed by atoms with E-state index in [2.05, 4.69) is 69.0 Å². The SMILES string of the molecule is O=C(Nc1c(Br)cc(Br)cc1Br)c1ccc(Br)c(O)c1. The molecule has 7 heteroatoms. The van der Waals surface area contributed by atoms with Crippen LogP contribution in [0, 0.1) is 0 Å². The zero-order chi connectivity index (χ0) is 14.9. The molecule has 0 saturated carbocycles. The van der Waals surface area contributed by atoms with Gasteiger partial charge in [0.25, 0.3) is 5.91 Å². The highest BCUT2D eigenvalue weighted by molar-refractivity contribution is 9.11. The van der Waals surface area contributed by atoms with Gasteiger partial charge in [0.05, 0.1) is 10.2 Å². The van der Waals surface area contributed by atoms with E-state index < -0.39 is 0 Å². The van der Waals surface area contributed by atoms with E-state index in [1.54, 1.807) is 12.1 Å². The number of hydrogen-bond acceptors (Lipinski definition) is 2. The van der Waals surface area contributed by atoms with E-state index >= 15 is 0 Å². The summed E-state index contributed by atoms with van der Waals surface area (Å²) in [6.07, 6.45) is 0.